The molecule has 2 atom stereocenters. The lowest BCUT2D eigenvalue weighted by atomic mass is 9.77. The smallest absolute Gasteiger partial charge is 0.340 e. The zero-order valence-electron chi connectivity index (χ0n) is 25.2. The number of benzene rings is 2. The first-order valence-electron chi connectivity index (χ1n) is 14.4. The van der Waals surface area contributed by atoms with Crippen molar-refractivity contribution in [2.45, 2.75) is 92.9 Å². The van der Waals surface area contributed by atoms with Crippen molar-refractivity contribution in [1.29, 1.82) is 0 Å². The van der Waals surface area contributed by atoms with Crippen molar-refractivity contribution >= 4 is 11.9 Å². The van der Waals surface area contributed by atoms with Gasteiger partial charge in [-0.1, -0.05) is 93.5 Å². The van der Waals surface area contributed by atoms with Gasteiger partial charge in [0, 0.05) is 11.8 Å². The number of esters is 2. The summed E-state index contributed by atoms with van der Waals surface area (Å²) in [4.78, 5) is 27.6. The largest absolute Gasteiger partial charge is 0.423 e. The number of allylic oxidation sites excluding steroid dienone is 2. The topological polar surface area (TPSA) is 52.6 Å². The van der Waals surface area contributed by atoms with Gasteiger partial charge in [-0.3, -0.25) is 0 Å². The molecular weight excluding hydrogens is 484 g/mol. The predicted molar refractivity (Wildman–Crippen MR) is 157 cm³/mol. The Morgan fingerprint density at radius 2 is 0.846 bits per heavy atom. The van der Waals surface area contributed by atoms with E-state index in [0.29, 0.717) is 46.3 Å². The zero-order chi connectivity index (χ0) is 28.8. The van der Waals surface area contributed by atoms with Crippen molar-refractivity contribution in [1.82, 2.24) is 0 Å². The molecule has 4 rings (SSSR count). The van der Waals surface area contributed by atoms with Crippen molar-refractivity contribution in [2.75, 3.05) is 0 Å². The summed E-state index contributed by atoms with van der Waals surface area (Å²) in [6.45, 7) is 21.2. The molecule has 0 radical (unpaired) electrons. The van der Waals surface area contributed by atoms with Crippen molar-refractivity contribution in [2.24, 2.45) is 17.3 Å². The van der Waals surface area contributed by atoms with E-state index < -0.39 is 11.9 Å². The number of ether oxygens (including phenoxy) is 2. The number of hydrogen-bond acceptors (Lipinski definition) is 4. The summed E-state index contributed by atoms with van der Waals surface area (Å²) >= 11 is 0. The minimum absolute atomic E-state index is 0.205. The van der Waals surface area contributed by atoms with E-state index in [4.69, 9.17) is 9.47 Å². The molecule has 4 heteroatoms. The van der Waals surface area contributed by atoms with E-state index in [2.05, 4.69) is 81.4 Å². The second-order valence-electron chi connectivity index (χ2n) is 13.1. The van der Waals surface area contributed by atoms with E-state index in [1.807, 2.05) is 36.4 Å². The van der Waals surface area contributed by atoms with Crippen molar-refractivity contribution in [3.05, 3.63) is 82.0 Å². The van der Waals surface area contributed by atoms with Gasteiger partial charge in [-0.15, -0.1) is 0 Å². The molecule has 0 aromatic heterocycles. The predicted octanol–water partition coefficient (Wildman–Crippen LogP) is 8.83. The Hall–Kier alpha value is -3.14. The van der Waals surface area contributed by atoms with Crippen molar-refractivity contribution in [3.63, 3.8) is 0 Å². The average Bonchev–Trinajstić information content (AvgIpc) is 3.27. The highest BCUT2D eigenvalue weighted by Gasteiger charge is 2.55. The van der Waals surface area contributed by atoms with E-state index in [0.717, 1.165) is 22.3 Å². The number of hydrogen-bond donors (Lipinski definition) is 0. The van der Waals surface area contributed by atoms with Gasteiger partial charge in [0.05, 0.1) is 11.1 Å². The first-order chi connectivity index (χ1) is 18.2. The lowest BCUT2D eigenvalue weighted by Crippen LogP contribution is -2.24. The molecule has 2 aliphatic rings. The minimum atomic E-state index is -0.471. The molecule has 0 saturated heterocycles. The normalized spacial score (nSPS) is 19.6. The Balaban J connectivity index is 1.71. The third-order valence-electron chi connectivity index (χ3n) is 8.44. The standard InChI is InChI=1S/C35H44O4/c1-19(2)23-13-24(20(3)4)16-27(15-23)38-33(36)31-29-11-12-30(35(29,9)10)32(31)34(37)39-28-17-25(21(5)6)14-26(18-28)22(7)8/h11-22,29-30H,1-10H3. The highest BCUT2D eigenvalue weighted by Crippen LogP contribution is 2.57. The Morgan fingerprint density at radius 3 is 1.10 bits per heavy atom. The van der Waals surface area contributed by atoms with E-state index >= 15 is 0 Å². The zero-order valence-corrected chi connectivity index (χ0v) is 25.2. The minimum Gasteiger partial charge on any atom is -0.423 e. The molecule has 0 amide bonds. The number of carbonyl (C=O) groups is 2. The molecule has 208 valence electrons. The van der Waals surface area contributed by atoms with Gasteiger partial charge in [0.25, 0.3) is 0 Å². The Bertz CT molecular complexity index is 1180. The Kier molecular flexibility index (Phi) is 7.98. The van der Waals surface area contributed by atoms with Gasteiger partial charge in [-0.05, 0) is 75.6 Å². The maximum absolute atomic E-state index is 13.8. The maximum Gasteiger partial charge on any atom is 0.340 e. The highest BCUT2D eigenvalue weighted by molar-refractivity contribution is 6.05. The summed E-state index contributed by atoms with van der Waals surface area (Å²) < 4.78 is 12.0. The van der Waals surface area contributed by atoms with Gasteiger partial charge in [-0.25, -0.2) is 9.59 Å². The van der Waals surface area contributed by atoms with Gasteiger partial charge in [0.2, 0.25) is 0 Å². The van der Waals surface area contributed by atoms with Crippen molar-refractivity contribution < 1.29 is 19.1 Å². The lowest BCUT2D eigenvalue weighted by Gasteiger charge is -2.26. The van der Waals surface area contributed by atoms with Gasteiger partial charge in [0.15, 0.2) is 0 Å². The second-order valence-corrected chi connectivity index (χ2v) is 13.1. The molecule has 2 aromatic rings. The van der Waals surface area contributed by atoms with E-state index in [-0.39, 0.29) is 17.3 Å². The molecule has 2 unspecified atom stereocenters. The summed E-state index contributed by atoms with van der Waals surface area (Å²) in [7, 11) is 0. The van der Waals surface area contributed by atoms with E-state index in [1.165, 1.54) is 0 Å². The van der Waals surface area contributed by atoms with Crippen LogP contribution >= 0.6 is 0 Å². The molecule has 2 aliphatic carbocycles. The third kappa shape index (κ3) is 5.62. The molecule has 39 heavy (non-hydrogen) atoms. The number of carbonyl (C=O) groups excluding carboxylic acids is 2. The van der Waals surface area contributed by atoms with Crippen LogP contribution < -0.4 is 9.47 Å². The third-order valence-corrected chi connectivity index (χ3v) is 8.44. The molecule has 2 bridgehead atoms. The quantitative estimate of drug-likeness (QED) is 0.195. The molecular formula is C35H44O4. The monoisotopic (exact) mass is 528 g/mol. The summed E-state index contributed by atoms with van der Waals surface area (Å²) in [5, 5.41) is 0. The molecule has 0 heterocycles. The van der Waals surface area contributed by atoms with E-state index in [1.54, 1.807) is 0 Å². The fraction of sp³-hybridized carbons (Fsp3) is 0.486. The van der Waals surface area contributed by atoms with Crippen LogP contribution in [0.25, 0.3) is 0 Å². The fourth-order valence-electron chi connectivity index (χ4n) is 5.72. The second kappa shape index (κ2) is 10.8. The summed E-state index contributed by atoms with van der Waals surface area (Å²) in [6.07, 6.45) is 4.08. The number of rotatable bonds is 8. The van der Waals surface area contributed by atoms with Crippen LogP contribution in [0.15, 0.2) is 59.7 Å². The summed E-state index contributed by atoms with van der Waals surface area (Å²) in [5.41, 5.74) is 5.02. The van der Waals surface area contributed by atoms with Gasteiger partial charge < -0.3 is 9.47 Å². The average molecular weight is 529 g/mol. The molecule has 2 aromatic carbocycles. The molecule has 0 fully saturated rings. The van der Waals surface area contributed by atoms with Crippen LogP contribution in [0, 0.1) is 17.3 Å². The first-order valence-corrected chi connectivity index (χ1v) is 14.4. The Labute approximate surface area is 234 Å². The van der Waals surface area contributed by atoms with Gasteiger partial charge in [-0.2, -0.15) is 0 Å². The molecule has 0 aliphatic heterocycles. The van der Waals surface area contributed by atoms with Crippen LogP contribution in [0.5, 0.6) is 11.5 Å². The lowest BCUT2D eigenvalue weighted by molar-refractivity contribution is -0.133. The van der Waals surface area contributed by atoms with Crippen LogP contribution in [-0.2, 0) is 9.59 Å². The van der Waals surface area contributed by atoms with Crippen LogP contribution in [0.3, 0.4) is 0 Å². The first kappa shape index (κ1) is 28.9. The highest BCUT2D eigenvalue weighted by atomic mass is 16.5. The van der Waals surface area contributed by atoms with Gasteiger partial charge in [0.1, 0.15) is 11.5 Å². The molecule has 0 N–H and O–H groups in total. The van der Waals surface area contributed by atoms with Crippen LogP contribution in [0.1, 0.15) is 115 Å². The van der Waals surface area contributed by atoms with Crippen LogP contribution in [0.4, 0.5) is 0 Å². The summed E-state index contributed by atoms with van der Waals surface area (Å²) in [5.74, 6) is 0.881. The summed E-state index contributed by atoms with van der Waals surface area (Å²) in [6, 6.07) is 12.1. The van der Waals surface area contributed by atoms with Crippen molar-refractivity contribution in [3.8, 4) is 11.5 Å². The fourth-order valence-corrected chi connectivity index (χ4v) is 5.72. The molecule has 0 saturated carbocycles. The maximum atomic E-state index is 13.8. The molecule has 4 nitrogen and oxygen atoms in total. The van der Waals surface area contributed by atoms with Gasteiger partial charge >= 0.3 is 11.9 Å². The SMILES string of the molecule is CC(C)c1cc(OC(=O)C2=C(C(=O)Oc3cc(C(C)C)cc(C(C)C)c3)C3C=CC2C3(C)C)cc(C(C)C)c1. The van der Waals surface area contributed by atoms with Crippen LogP contribution in [-0.4, -0.2) is 11.9 Å². The number of fused-ring (bicyclic) bond motifs is 2. The van der Waals surface area contributed by atoms with E-state index in [9.17, 15) is 9.59 Å². The van der Waals surface area contributed by atoms with Crippen LogP contribution in [0.2, 0.25) is 0 Å². The Morgan fingerprint density at radius 1 is 0.564 bits per heavy atom. The molecule has 0 spiro atoms.